The molecule has 4 fully saturated rings. The van der Waals surface area contributed by atoms with Crippen molar-refractivity contribution in [1.29, 1.82) is 0 Å². The number of benzene rings is 1. The molecule has 0 atom stereocenters. The standard InChI is InChI=1S/C19H23NO6/c1-2-24-15(22)18-9-17(10-18,13-21)26-19(18)11-20(12-19)16(23)25-8-14-6-4-3-5-7-14/h3-7,21H,2,8-13H2,1H3. The SMILES string of the molecule is CCOC(=O)C12CC(CO)(C1)OC21CN(C(=O)OCc2ccccc2)C1. The van der Waals surface area contributed by atoms with Crippen LogP contribution in [-0.4, -0.2) is 59.6 Å². The van der Waals surface area contributed by atoms with E-state index in [1.807, 2.05) is 30.3 Å². The quantitative estimate of drug-likeness (QED) is 0.800. The summed E-state index contributed by atoms with van der Waals surface area (Å²) in [4.78, 5) is 26.4. The van der Waals surface area contributed by atoms with E-state index < -0.39 is 22.7 Å². The minimum Gasteiger partial charge on any atom is -0.465 e. The summed E-state index contributed by atoms with van der Waals surface area (Å²) >= 11 is 0. The van der Waals surface area contributed by atoms with E-state index in [4.69, 9.17) is 14.2 Å². The molecule has 2 bridgehead atoms. The summed E-state index contributed by atoms with van der Waals surface area (Å²) in [5, 5.41) is 9.64. The van der Waals surface area contributed by atoms with Crippen LogP contribution in [0.1, 0.15) is 25.3 Å². The highest BCUT2D eigenvalue weighted by molar-refractivity contribution is 5.83. The maximum Gasteiger partial charge on any atom is 0.410 e. The number of aliphatic hydroxyl groups is 1. The Hall–Kier alpha value is -2.12. The van der Waals surface area contributed by atoms with Gasteiger partial charge in [-0.1, -0.05) is 30.3 Å². The molecule has 0 unspecified atom stereocenters. The van der Waals surface area contributed by atoms with Crippen LogP contribution in [-0.2, 0) is 25.6 Å². The molecular formula is C19H23NO6. The molecule has 5 rings (SSSR count). The summed E-state index contributed by atoms with van der Waals surface area (Å²) in [6.07, 6.45) is 0.467. The molecule has 0 radical (unpaired) electrons. The van der Waals surface area contributed by atoms with E-state index in [2.05, 4.69) is 0 Å². The highest BCUT2D eigenvalue weighted by Crippen LogP contribution is 2.69. The van der Waals surface area contributed by atoms with Gasteiger partial charge in [0.1, 0.15) is 17.6 Å². The molecule has 1 aromatic carbocycles. The first kappa shape index (κ1) is 17.3. The Morgan fingerprint density at radius 2 is 1.88 bits per heavy atom. The van der Waals surface area contributed by atoms with Gasteiger partial charge in [0.2, 0.25) is 0 Å². The molecule has 1 saturated carbocycles. The zero-order chi connectivity index (χ0) is 18.4. The highest BCUT2D eigenvalue weighted by atomic mass is 16.6. The van der Waals surface area contributed by atoms with Crippen LogP contribution in [0.4, 0.5) is 4.79 Å². The van der Waals surface area contributed by atoms with E-state index in [9.17, 15) is 14.7 Å². The molecule has 1 amide bonds. The van der Waals surface area contributed by atoms with Crippen molar-refractivity contribution >= 4 is 12.1 Å². The van der Waals surface area contributed by atoms with E-state index >= 15 is 0 Å². The Morgan fingerprint density at radius 3 is 2.50 bits per heavy atom. The second kappa shape index (κ2) is 5.96. The minimum absolute atomic E-state index is 0.131. The van der Waals surface area contributed by atoms with Gasteiger partial charge in [-0.2, -0.15) is 0 Å². The van der Waals surface area contributed by atoms with Gasteiger partial charge in [0.25, 0.3) is 0 Å². The second-order valence-electron chi connectivity index (χ2n) is 7.49. The fourth-order valence-electron chi connectivity index (χ4n) is 4.58. The Morgan fingerprint density at radius 1 is 1.19 bits per heavy atom. The topological polar surface area (TPSA) is 85.3 Å². The first-order valence-electron chi connectivity index (χ1n) is 8.92. The summed E-state index contributed by atoms with van der Waals surface area (Å²) in [7, 11) is 0. The van der Waals surface area contributed by atoms with Crippen molar-refractivity contribution in [1.82, 2.24) is 4.90 Å². The summed E-state index contributed by atoms with van der Waals surface area (Å²) in [5.41, 5.74) is -1.29. The summed E-state index contributed by atoms with van der Waals surface area (Å²) < 4.78 is 16.7. The molecule has 3 heterocycles. The normalized spacial score (nSPS) is 30.5. The zero-order valence-electron chi connectivity index (χ0n) is 14.8. The minimum atomic E-state index is -0.770. The molecule has 7 heteroatoms. The molecule has 0 aromatic heterocycles. The number of amides is 1. The largest absolute Gasteiger partial charge is 0.465 e. The molecule has 4 aliphatic rings. The van der Waals surface area contributed by atoms with Crippen molar-refractivity contribution in [3.63, 3.8) is 0 Å². The van der Waals surface area contributed by atoms with Crippen molar-refractivity contribution < 1.29 is 28.9 Å². The van der Waals surface area contributed by atoms with Gasteiger partial charge in [-0.3, -0.25) is 4.79 Å². The Bertz CT molecular complexity index is 706. The molecule has 3 saturated heterocycles. The number of rotatable bonds is 5. The molecule has 3 aliphatic heterocycles. The van der Waals surface area contributed by atoms with Gasteiger partial charge in [0.05, 0.1) is 31.9 Å². The maximum absolute atomic E-state index is 12.5. The van der Waals surface area contributed by atoms with E-state index in [1.54, 1.807) is 6.92 Å². The molecule has 7 nitrogen and oxygen atoms in total. The number of nitrogens with zero attached hydrogens (tertiary/aromatic N) is 1. The first-order chi connectivity index (χ1) is 12.5. The third kappa shape index (κ3) is 2.34. The molecule has 1 aromatic rings. The average molecular weight is 361 g/mol. The van der Waals surface area contributed by atoms with Gasteiger partial charge in [-0.05, 0) is 25.3 Å². The lowest BCUT2D eigenvalue weighted by atomic mass is 9.54. The van der Waals surface area contributed by atoms with Gasteiger partial charge >= 0.3 is 12.1 Å². The molecule has 26 heavy (non-hydrogen) atoms. The number of aliphatic hydroxyl groups excluding tert-OH is 1. The summed E-state index contributed by atoms with van der Waals surface area (Å²) in [6, 6.07) is 9.46. The predicted molar refractivity (Wildman–Crippen MR) is 90.1 cm³/mol. The van der Waals surface area contributed by atoms with Crippen molar-refractivity contribution in [3.8, 4) is 0 Å². The lowest BCUT2D eigenvalue weighted by molar-refractivity contribution is -0.177. The average Bonchev–Trinajstić information content (AvgIpc) is 3.07. The number of hydrogen-bond donors (Lipinski definition) is 1. The van der Waals surface area contributed by atoms with E-state index in [0.717, 1.165) is 5.56 Å². The maximum atomic E-state index is 12.5. The predicted octanol–water partition coefficient (Wildman–Crippen LogP) is 1.48. The number of carbonyl (C=O) groups excluding carboxylic acids is 2. The van der Waals surface area contributed by atoms with Crippen molar-refractivity contribution in [3.05, 3.63) is 35.9 Å². The number of likely N-dealkylation sites (tertiary alicyclic amines) is 1. The van der Waals surface area contributed by atoms with Gasteiger partial charge in [0, 0.05) is 0 Å². The van der Waals surface area contributed by atoms with Crippen molar-refractivity contribution in [2.45, 2.75) is 37.6 Å². The fourth-order valence-corrected chi connectivity index (χ4v) is 4.58. The summed E-state index contributed by atoms with van der Waals surface area (Å²) in [5.74, 6) is -0.293. The first-order valence-corrected chi connectivity index (χ1v) is 8.92. The number of hydrogen-bond acceptors (Lipinski definition) is 6. The fraction of sp³-hybridized carbons (Fsp3) is 0.579. The molecule has 1 aliphatic carbocycles. The number of ether oxygens (including phenoxy) is 3. The third-order valence-electron chi connectivity index (χ3n) is 5.84. The summed E-state index contributed by atoms with van der Waals surface area (Å²) in [6.45, 7) is 2.69. The third-order valence-corrected chi connectivity index (χ3v) is 5.84. The van der Waals surface area contributed by atoms with Crippen LogP contribution < -0.4 is 0 Å². The van der Waals surface area contributed by atoms with Crippen LogP contribution in [0.5, 0.6) is 0 Å². The lowest BCUT2D eigenvalue weighted by Gasteiger charge is -2.52. The van der Waals surface area contributed by atoms with Crippen LogP contribution in [0.2, 0.25) is 0 Å². The van der Waals surface area contributed by atoms with Gasteiger partial charge in [0.15, 0.2) is 0 Å². The van der Waals surface area contributed by atoms with Crippen LogP contribution in [0, 0.1) is 5.41 Å². The van der Waals surface area contributed by atoms with Gasteiger partial charge in [-0.15, -0.1) is 0 Å². The van der Waals surface area contributed by atoms with Crippen molar-refractivity contribution in [2.24, 2.45) is 5.41 Å². The second-order valence-corrected chi connectivity index (χ2v) is 7.49. The Balaban J connectivity index is 1.40. The van der Waals surface area contributed by atoms with Crippen LogP contribution in [0.25, 0.3) is 0 Å². The van der Waals surface area contributed by atoms with Crippen LogP contribution >= 0.6 is 0 Å². The Kier molecular flexibility index (Phi) is 3.96. The van der Waals surface area contributed by atoms with E-state index in [1.165, 1.54) is 4.90 Å². The molecule has 140 valence electrons. The molecule has 1 N–H and O–H groups in total. The lowest BCUT2D eigenvalue weighted by Crippen LogP contribution is -2.71. The van der Waals surface area contributed by atoms with Crippen LogP contribution in [0.15, 0.2) is 30.3 Å². The highest BCUT2D eigenvalue weighted by Gasteiger charge is 2.81. The van der Waals surface area contributed by atoms with E-state index in [-0.39, 0.29) is 32.3 Å². The molecule has 1 spiro atoms. The monoisotopic (exact) mass is 361 g/mol. The zero-order valence-corrected chi connectivity index (χ0v) is 14.8. The smallest absolute Gasteiger partial charge is 0.410 e. The Labute approximate surface area is 151 Å². The molecular weight excluding hydrogens is 338 g/mol. The number of esters is 1. The van der Waals surface area contributed by atoms with Crippen molar-refractivity contribution in [2.75, 3.05) is 26.3 Å². The van der Waals surface area contributed by atoms with E-state index in [0.29, 0.717) is 19.4 Å². The van der Waals surface area contributed by atoms with Gasteiger partial charge < -0.3 is 24.2 Å². The van der Waals surface area contributed by atoms with Crippen LogP contribution in [0.3, 0.4) is 0 Å². The van der Waals surface area contributed by atoms with Gasteiger partial charge in [-0.25, -0.2) is 4.79 Å². The number of carbonyl (C=O) groups is 2.